The second-order valence-electron chi connectivity index (χ2n) is 6.58. The molecule has 2 aromatic rings. The highest BCUT2D eigenvalue weighted by Gasteiger charge is 2.35. The van der Waals surface area contributed by atoms with Crippen LogP contribution < -0.4 is 4.74 Å². The Bertz CT molecular complexity index is 961. The normalized spacial score (nSPS) is 17.8. The zero-order valence-electron chi connectivity index (χ0n) is 15.1. The van der Waals surface area contributed by atoms with E-state index in [4.69, 9.17) is 4.74 Å². The van der Waals surface area contributed by atoms with Crippen molar-refractivity contribution in [1.82, 2.24) is 4.90 Å². The highest BCUT2D eigenvalue weighted by Crippen LogP contribution is 2.26. The van der Waals surface area contributed by atoms with Crippen molar-refractivity contribution in [3.8, 4) is 5.75 Å². The summed E-state index contributed by atoms with van der Waals surface area (Å²) in [6, 6.07) is 14.6. The monoisotopic (exact) mass is 404 g/mol. The van der Waals surface area contributed by atoms with E-state index in [0.717, 1.165) is 5.56 Å². The van der Waals surface area contributed by atoms with E-state index >= 15 is 0 Å². The Morgan fingerprint density at radius 1 is 1.14 bits per heavy atom. The number of carbonyl (C=O) groups excluding carboxylic acids is 1. The van der Waals surface area contributed by atoms with E-state index < -0.39 is 33.3 Å². The summed E-state index contributed by atoms with van der Waals surface area (Å²) in [7, 11) is -3.18. The van der Waals surface area contributed by atoms with Crippen LogP contribution in [-0.2, 0) is 21.2 Å². The smallest absolute Gasteiger partial charge is 0.310 e. The van der Waals surface area contributed by atoms with Crippen molar-refractivity contribution in [2.45, 2.75) is 19.0 Å². The van der Waals surface area contributed by atoms with Crippen LogP contribution >= 0.6 is 0 Å². The van der Waals surface area contributed by atoms with Gasteiger partial charge in [0, 0.05) is 18.7 Å². The van der Waals surface area contributed by atoms with Crippen LogP contribution in [0, 0.1) is 10.1 Å². The fourth-order valence-electron chi connectivity index (χ4n) is 3.17. The van der Waals surface area contributed by atoms with Gasteiger partial charge in [-0.2, -0.15) is 0 Å². The number of benzene rings is 2. The van der Waals surface area contributed by atoms with Gasteiger partial charge in [-0.25, -0.2) is 8.42 Å². The predicted octanol–water partition coefficient (Wildman–Crippen LogP) is 2.19. The second-order valence-corrected chi connectivity index (χ2v) is 8.81. The van der Waals surface area contributed by atoms with Crippen molar-refractivity contribution >= 4 is 21.4 Å². The first-order valence-corrected chi connectivity index (χ1v) is 10.6. The van der Waals surface area contributed by atoms with E-state index in [1.165, 1.54) is 23.1 Å². The summed E-state index contributed by atoms with van der Waals surface area (Å²) in [5.41, 5.74) is 0.638. The molecule has 0 unspecified atom stereocenters. The van der Waals surface area contributed by atoms with Crippen LogP contribution in [0.25, 0.3) is 0 Å². The average molecular weight is 404 g/mol. The summed E-state index contributed by atoms with van der Waals surface area (Å²) in [4.78, 5) is 24.8. The number of amides is 1. The number of nitro groups is 1. The van der Waals surface area contributed by atoms with Gasteiger partial charge in [0.05, 0.1) is 16.4 Å². The first kappa shape index (κ1) is 19.8. The standard InChI is InChI=1S/C19H20N2O6S/c22-19(13-27-18-9-5-4-8-17(18)21(23)24)20(12-15-6-2-1-3-7-15)16-10-11-28(25,26)14-16/h1-9,16H,10-14H2/t16-/m1/s1. The van der Waals surface area contributed by atoms with Gasteiger partial charge in [-0.3, -0.25) is 14.9 Å². The molecule has 0 aromatic heterocycles. The molecule has 1 atom stereocenters. The third kappa shape index (κ3) is 4.86. The molecule has 0 saturated carbocycles. The van der Waals surface area contributed by atoms with Crippen LogP contribution in [0.15, 0.2) is 54.6 Å². The lowest BCUT2D eigenvalue weighted by molar-refractivity contribution is -0.385. The molecule has 0 radical (unpaired) electrons. The minimum Gasteiger partial charge on any atom is -0.477 e. The summed E-state index contributed by atoms with van der Waals surface area (Å²) in [5, 5.41) is 11.1. The third-order valence-corrected chi connectivity index (χ3v) is 6.33. The Morgan fingerprint density at radius 3 is 2.46 bits per heavy atom. The molecule has 3 rings (SSSR count). The summed E-state index contributed by atoms with van der Waals surface area (Å²) < 4.78 is 29.2. The Morgan fingerprint density at radius 2 is 1.82 bits per heavy atom. The summed E-state index contributed by atoms with van der Waals surface area (Å²) in [6.07, 6.45) is 0.367. The van der Waals surface area contributed by atoms with E-state index in [0.29, 0.717) is 6.42 Å². The van der Waals surface area contributed by atoms with E-state index in [2.05, 4.69) is 0 Å². The summed E-state index contributed by atoms with van der Waals surface area (Å²) in [5.74, 6) is -0.457. The molecule has 0 spiro atoms. The molecule has 1 heterocycles. The molecule has 9 heteroatoms. The molecule has 2 aromatic carbocycles. The number of ether oxygens (including phenoxy) is 1. The topological polar surface area (TPSA) is 107 Å². The number of para-hydroxylation sites is 2. The fraction of sp³-hybridized carbons (Fsp3) is 0.316. The molecule has 1 aliphatic rings. The lowest BCUT2D eigenvalue weighted by atomic mass is 10.1. The maximum atomic E-state index is 12.8. The molecule has 28 heavy (non-hydrogen) atoms. The number of carbonyl (C=O) groups is 1. The maximum absolute atomic E-state index is 12.8. The van der Waals surface area contributed by atoms with E-state index in [-0.39, 0.29) is 29.5 Å². The molecule has 1 aliphatic heterocycles. The van der Waals surface area contributed by atoms with E-state index in [9.17, 15) is 23.3 Å². The van der Waals surface area contributed by atoms with Gasteiger partial charge in [0.2, 0.25) is 0 Å². The number of nitro benzene ring substituents is 1. The minimum absolute atomic E-state index is 0.000412. The molecule has 1 saturated heterocycles. The number of nitrogens with zero attached hydrogens (tertiary/aromatic N) is 2. The first-order valence-electron chi connectivity index (χ1n) is 8.76. The van der Waals surface area contributed by atoms with Gasteiger partial charge < -0.3 is 9.64 Å². The molecule has 0 aliphatic carbocycles. The zero-order chi connectivity index (χ0) is 20.1. The van der Waals surface area contributed by atoms with E-state index in [1.54, 1.807) is 6.07 Å². The third-order valence-electron chi connectivity index (χ3n) is 4.58. The van der Waals surface area contributed by atoms with Gasteiger partial charge in [0.25, 0.3) is 5.91 Å². The molecular formula is C19H20N2O6S. The Labute approximate surface area is 162 Å². The van der Waals surface area contributed by atoms with Crippen molar-refractivity contribution < 1.29 is 22.9 Å². The van der Waals surface area contributed by atoms with Crippen molar-refractivity contribution in [2.75, 3.05) is 18.1 Å². The average Bonchev–Trinajstić information content (AvgIpc) is 3.04. The van der Waals surface area contributed by atoms with Gasteiger partial charge in [0.15, 0.2) is 22.2 Å². The van der Waals surface area contributed by atoms with Crippen LogP contribution in [0.1, 0.15) is 12.0 Å². The zero-order valence-corrected chi connectivity index (χ0v) is 15.9. The number of hydrogen-bond donors (Lipinski definition) is 0. The molecule has 1 fully saturated rings. The van der Waals surface area contributed by atoms with Crippen molar-refractivity contribution in [1.29, 1.82) is 0 Å². The Balaban J connectivity index is 1.76. The number of hydrogen-bond acceptors (Lipinski definition) is 6. The predicted molar refractivity (Wildman–Crippen MR) is 103 cm³/mol. The second kappa shape index (κ2) is 8.39. The van der Waals surface area contributed by atoms with Crippen LogP contribution in [0.5, 0.6) is 5.75 Å². The molecule has 0 bridgehead atoms. The fourth-order valence-corrected chi connectivity index (χ4v) is 4.91. The van der Waals surface area contributed by atoms with Crippen molar-refractivity contribution in [3.63, 3.8) is 0 Å². The first-order chi connectivity index (χ1) is 13.4. The largest absolute Gasteiger partial charge is 0.477 e. The molecule has 0 N–H and O–H groups in total. The molecule has 1 amide bonds. The van der Waals surface area contributed by atoms with Gasteiger partial charge >= 0.3 is 5.69 Å². The highest BCUT2D eigenvalue weighted by atomic mass is 32.2. The minimum atomic E-state index is -3.18. The lowest BCUT2D eigenvalue weighted by Crippen LogP contribution is -2.43. The quantitative estimate of drug-likeness (QED) is 0.517. The Hall–Kier alpha value is -2.94. The molecule has 8 nitrogen and oxygen atoms in total. The van der Waals surface area contributed by atoms with Gasteiger partial charge in [-0.05, 0) is 18.1 Å². The van der Waals surface area contributed by atoms with Crippen LogP contribution in [0.3, 0.4) is 0 Å². The van der Waals surface area contributed by atoms with Crippen LogP contribution in [0.4, 0.5) is 5.69 Å². The van der Waals surface area contributed by atoms with Crippen LogP contribution in [-0.4, -0.2) is 48.3 Å². The summed E-state index contributed by atoms with van der Waals surface area (Å²) in [6.45, 7) is -0.158. The highest BCUT2D eigenvalue weighted by molar-refractivity contribution is 7.91. The van der Waals surface area contributed by atoms with Gasteiger partial charge in [-0.15, -0.1) is 0 Å². The van der Waals surface area contributed by atoms with Crippen LogP contribution in [0.2, 0.25) is 0 Å². The van der Waals surface area contributed by atoms with Gasteiger partial charge in [0.1, 0.15) is 0 Å². The number of rotatable bonds is 7. The summed E-state index contributed by atoms with van der Waals surface area (Å²) >= 11 is 0. The van der Waals surface area contributed by atoms with Crippen molar-refractivity contribution in [3.05, 3.63) is 70.3 Å². The molecular weight excluding hydrogens is 384 g/mol. The maximum Gasteiger partial charge on any atom is 0.310 e. The SMILES string of the molecule is O=C(COc1ccccc1[N+](=O)[O-])N(Cc1ccccc1)[C@@H]1CCS(=O)(=O)C1. The van der Waals surface area contributed by atoms with Crippen molar-refractivity contribution in [2.24, 2.45) is 0 Å². The lowest BCUT2D eigenvalue weighted by Gasteiger charge is -2.28. The van der Waals surface area contributed by atoms with E-state index in [1.807, 2.05) is 30.3 Å². The molecule has 148 valence electrons. The number of sulfone groups is 1. The van der Waals surface area contributed by atoms with Gasteiger partial charge in [-0.1, -0.05) is 42.5 Å². The Kier molecular flexibility index (Phi) is 5.93.